The molecule has 1 saturated heterocycles. The van der Waals surface area contributed by atoms with E-state index in [-0.39, 0.29) is 5.91 Å². The SMILES string of the molecule is COc1cc2c(cc1OC)C(C(=Nc1ccc(N(CCN3CCCCC3)S(C)(=O)=O)cc1)c1ccccc1)C(=O)N2. The first-order valence-corrected chi connectivity index (χ1v) is 15.6. The van der Waals surface area contributed by atoms with Crippen molar-refractivity contribution in [3.05, 3.63) is 77.9 Å². The number of nitrogens with zero attached hydrogens (tertiary/aromatic N) is 3. The lowest BCUT2D eigenvalue weighted by Gasteiger charge is -2.30. The van der Waals surface area contributed by atoms with Crippen molar-refractivity contribution in [3.8, 4) is 11.5 Å². The second-order valence-corrected chi connectivity index (χ2v) is 12.2. The number of amides is 1. The van der Waals surface area contributed by atoms with Crippen molar-refractivity contribution < 1.29 is 22.7 Å². The average Bonchev–Trinajstić information content (AvgIpc) is 3.30. The van der Waals surface area contributed by atoms with Gasteiger partial charge in [-0.1, -0.05) is 36.8 Å². The van der Waals surface area contributed by atoms with Gasteiger partial charge in [-0.25, -0.2) is 8.42 Å². The van der Waals surface area contributed by atoms with Crippen molar-refractivity contribution in [2.75, 3.05) is 56.3 Å². The summed E-state index contributed by atoms with van der Waals surface area (Å²) in [5.41, 5.74) is 3.97. The third kappa shape index (κ3) is 6.39. The highest BCUT2D eigenvalue weighted by Crippen LogP contribution is 2.42. The summed E-state index contributed by atoms with van der Waals surface area (Å²) in [7, 11) is -0.356. The Morgan fingerprint density at radius 3 is 2.27 bits per heavy atom. The summed E-state index contributed by atoms with van der Waals surface area (Å²) in [6.07, 6.45) is 4.77. The summed E-state index contributed by atoms with van der Waals surface area (Å²) in [5, 5.41) is 2.96. The molecule has 0 bridgehead atoms. The van der Waals surface area contributed by atoms with Crippen LogP contribution in [0.2, 0.25) is 0 Å². The van der Waals surface area contributed by atoms with Gasteiger partial charge in [0.2, 0.25) is 15.9 Å². The molecule has 41 heavy (non-hydrogen) atoms. The van der Waals surface area contributed by atoms with Gasteiger partial charge in [-0.05, 0) is 67.4 Å². The normalized spacial score (nSPS) is 17.6. The van der Waals surface area contributed by atoms with Crippen LogP contribution in [0.1, 0.15) is 36.3 Å². The number of benzene rings is 3. The Labute approximate surface area is 241 Å². The molecule has 0 spiro atoms. The van der Waals surface area contributed by atoms with Gasteiger partial charge in [0.05, 0.1) is 37.6 Å². The maximum Gasteiger partial charge on any atom is 0.238 e. The summed E-state index contributed by atoms with van der Waals surface area (Å²) in [5.74, 6) is 0.172. The van der Waals surface area contributed by atoms with Crippen LogP contribution in [0.4, 0.5) is 17.1 Å². The van der Waals surface area contributed by atoms with Gasteiger partial charge in [0.25, 0.3) is 0 Å². The van der Waals surface area contributed by atoms with Gasteiger partial charge >= 0.3 is 0 Å². The molecule has 2 heterocycles. The number of rotatable bonds is 10. The molecule has 1 amide bonds. The minimum atomic E-state index is -3.47. The zero-order valence-corrected chi connectivity index (χ0v) is 24.5. The number of piperidine rings is 1. The molecule has 3 aromatic rings. The molecular formula is C31H36N4O5S. The van der Waals surface area contributed by atoms with Crippen LogP contribution < -0.4 is 19.1 Å². The number of hydrogen-bond donors (Lipinski definition) is 1. The Hall–Kier alpha value is -3.89. The lowest BCUT2D eigenvalue weighted by molar-refractivity contribution is -0.115. The zero-order chi connectivity index (χ0) is 29.0. The number of likely N-dealkylation sites (tertiary alicyclic amines) is 1. The molecule has 0 aromatic heterocycles. The number of aliphatic imine (C=N–C) groups is 1. The molecule has 2 aliphatic heterocycles. The van der Waals surface area contributed by atoms with Crippen LogP contribution in [0.5, 0.6) is 11.5 Å². The van der Waals surface area contributed by atoms with E-state index in [1.807, 2.05) is 36.4 Å². The van der Waals surface area contributed by atoms with Gasteiger partial charge in [-0.2, -0.15) is 0 Å². The van der Waals surface area contributed by atoms with Crippen molar-refractivity contribution in [1.82, 2.24) is 4.90 Å². The predicted molar refractivity (Wildman–Crippen MR) is 162 cm³/mol. The van der Waals surface area contributed by atoms with Gasteiger partial charge in [0.1, 0.15) is 5.92 Å². The van der Waals surface area contributed by atoms with E-state index in [2.05, 4.69) is 10.2 Å². The fraction of sp³-hybridized carbons (Fsp3) is 0.355. The number of anilines is 2. The number of methoxy groups -OCH3 is 2. The highest BCUT2D eigenvalue weighted by Gasteiger charge is 2.36. The minimum Gasteiger partial charge on any atom is -0.493 e. The fourth-order valence-electron chi connectivity index (χ4n) is 5.50. The molecule has 0 radical (unpaired) electrons. The first kappa shape index (κ1) is 28.6. The Morgan fingerprint density at radius 2 is 1.63 bits per heavy atom. The minimum absolute atomic E-state index is 0.199. The van der Waals surface area contributed by atoms with Crippen molar-refractivity contribution in [3.63, 3.8) is 0 Å². The molecule has 10 heteroatoms. The summed E-state index contributed by atoms with van der Waals surface area (Å²) >= 11 is 0. The van der Waals surface area contributed by atoms with E-state index < -0.39 is 15.9 Å². The van der Waals surface area contributed by atoms with E-state index in [1.165, 1.54) is 17.0 Å². The number of fused-ring (bicyclic) bond motifs is 1. The number of ether oxygens (including phenoxy) is 2. The monoisotopic (exact) mass is 576 g/mol. The molecule has 1 fully saturated rings. The van der Waals surface area contributed by atoms with Gasteiger partial charge in [0, 0.05) is 24.8 Å². The fourth-order valence-corrected chi connectivity index (χ4v) is 6.42. The molecule has 1 unspecified atom stereocenters. The van der Waals surface area contributed by atoms with Crippen LogP contribution in [-0.4, -0.2) is 71.6 Å². The first-order chi connectivity index (χ1) is 19.8. The van der Waals surface area contributed by atoms with E-state index in [0.29, 0.717) is 47.4 Å². The van der Waals surface area contributed by atoms with Gasteiger partial charge in [-0.15, -0.1) is 0 Å². The van der Waals surface area contributed by atoms with Crippen molar-refractivity contribution in [2.24, 2.45) is 4.99 Å². The standard InChI is InChI=1S/C31H36N4O5S/c1-39-27-20-25-26(21-28(27)40-2)33-31(36)29(25)30(22-10-6-4-7-11-22)32-23-12-14-24(15-13-23)35(41(3,37)38)19-18-34-16-8-5-9-17-34/h4,6-7,10-15,20-21,29H,5,8-9,16-19H2,1-3H3,(H,33,36). The topological polar surface area (TPSA) is 101 Å². The molecule has 0 saturated carbocycles. The Bertz CT molecular complexity index is 1520. The maximum atomic E-state index is 13.3. The molecule has 3 aromatic carbocycles. The van der Waals surface area contributed by atoms with Crippen molar-refractivity contribution >= 4 is 38.7 Å². The Morgan fingerprint density at radius 1 is 0.976 bits per heavy atom. The summed E-state index contributed by atoms with van der Waals surface area (Å²) < 4.78 is 37.8. The smallest absolute Gasteiger partial charge is 0.238 e. The zero-order valence-electron chi connectivity index (χ0n) is 23.7. The average molecular weight is 577 g/mol. The third-order valence-corrected chi connectivity index (χ3v) is 8.78. The first-order valence-electron chi connectivity index (χ1n) is 13.8. The molecule has 0 aliphatic carbocycles. The number of hydrogen-bond acceptors (Lipinski definition) is 7. The number of sulfonamides is 1. The van der Waals surface area contributed by atoms with E-state index in [4.69, 9.17) is 14.5 Å². The quantitative estimate of drug-likeness (QED) is 0.348. The molecule has 2 aliphatic rings. The second kappa shape index (κ2) is 12.3. The highest BCUT2D eigenvalue weighted by atomic mass is 32.2. The van der Waals surface area contributed by atoms with Crippen LogP contribution in [-0.2, 0) is 14.8 Å². The Kier molecular flexibility index (Phi) is 8.60. The van der Waals surface area contributed by atoms with Crippen LogP contribution in [0, 0.1) is 0 Å². The molecule has 1 N–H and O–H groups in total. The predicted octanol–water partition coefficient (Wildman–Crippen LogP) is 4.81. The molecule has 5 rings (SSSR count). The van der Waals surface area contributed by atoms with Gasteiger partial charge < -0.3 is 19.7 Å². The molecule has 9 nitrogen and oxygen atoms in total. The van der Waals surface area contributed by atoms with Crippen LogP contribution in [0.3, 0.4) is 0 Å². The molecule has 216 valence electrons. The Balaban J connectivity index is 1.48. The third-order valence-electron chi connectivity index (χ3n) is 7.59. The molecule has 1 atom stereocenters. The summed E-state index contributed by atoms with van der Waals surface area (Å²) in [6, 6.07) is 20.3. The van der Waals surface area contributed by atoms with Crippen LogP contribution >= 0.6 is 0 Å². The van der Waals surface area contributed by atoms with Crippen LogP contribution in [0.15, 0.2) is 71.7 Å². The summed E-state index contributed by atoms with van der Waals surface area (Å²) in [6.45, 7) is 3.09. The van der Waals surface area contributed by atoms with Crippen LogP contribution in [0.25, 0.3) is 0 Å². The lowest BCUT2D eigenvalue weighted by Crippen LogP contribution is -2.40. The number of nitrogens with one attached hydrogen (secondary N) is 1. The van der Waals surface area contributed by atoms with E-state index in [0.717, 1.165) is 37.1 Å². The van der Waals surface area contributed by atoms with E-state index in [1.54, 1.807) is 44.6 Å². The maximum absolute atomic E-state index is 13.3. The van der Waals surface area contributed by atoms with Gasteiger partial charge in [0.15, 0.2) is 11.5 Å². The van der Waals surface area contributed by atoms with E-state index >= 15 is 0 Å². The van der Waals surface area contributed by atoms with E-state index in [9.17, 15) is 13.2 Å². The summed E-state index contributed by atoms with van der Waals surface area (Å²) in [4.78, 5) is 20.6. The second-order valence-electron chi connectivity index (χ2n) is 10.3. The number of carbonyl (C=O) groups is 1. The highest BCUT2D eigenvalue weighted by molar-refractivity contribution is 7.92. The van der Waals surface area contributed by atoms with Crippen molar-refractivity contribution in [1.29, 1.82) is 0 Å². The van der Waals surface area contributed by atoms with Crippen molar-refractivity contribution in [2.45, 2.75) is 25.2 Å². The van der Waals surface area contributed by atoms with Gasteiger partial charge in [-0.3, -0.25) is 14.1 Å². The number of carbonyl (C=O) groups excluding carboxylic acids is 1. The largest absolute Gasteiger partial charge is 0.493 e. The lowest BCUT2D eigenvalue weighted by atomic mass is 9.90. The molecular weight excluding hydrogens is 540 g/mol.